The quantitative estimate of drug-likeness (QED) is 0.626. The van der Waals surface area contributed by atoms with E-state index >= 15 is 0 Å². The Morgan fingerprint density at radius 3 is 2.79 bits per heavy atom. The third-order valence-corrected chi connectivity index (χ3v) is 5.92. The molecule has 4 aliphatic rings. The van der Waals surface area contributed by atoms with Crippen LogP contribution in [0.5, 0.6) is 0 Å². The summed E-state index contributed by atoms with van der Waals surface area (Å²) in [4.78, 5) is 11.7. The van der Waals surface area contributed by atoms with Crippen LogP contribution in [0.4, 0.5) is 0 Å². The first-order chi connectivity index (χ1) is 6.65. The van der Waals surface area contributed by atoms with Gasteiger partial charge in [-0.15, -0.1) is 0 Å². The van der Waals surface area contributed by atoms with Crippen molar-refractivity contribution in [1.82, 2.24) is 0 Å². The lowest BCUT2D eigenvalue weighted by Crippen LogP contribution is -2.36. The molecular weight excluding hydrogens is 176 g/mol. The number of aliphatic hydroxyl groups is 1. The van der Waals surface area contributed by atoms with Gasteiger partial charge in [-0.05, 0) is 36.5 Å². The fourth-order valence-electron chi connectivity index (χ4n) is 5.28. The summed E-state index contributed by atoms with van der Waals surface area (Å²) in [5, 5.41) is 10.1. The Morgan fingerprint density at radius 1 is 1.29 bits per heavy atom. The Balaban J connectivity index is 1.83. The summed E-state index contributed by atoms with van der Waals surface area (Å²) in [6, 6.07) is 0. The zero-order valence-corrected chi connectivity index (χ0v) is 8.44. The van der Waals surface area contributed by atoms with E-state index in [0.717, 1.165) is 12.8 Å². The maximum Gasteiger partial charge on any atom is 0.136 e. The molecule has 1 N–H and O–H groups in total. The predicted octanol–water partition coefficient (Wildman–Crippen LogP) is 1.23. The van der Waals surface area contributed by atoms with Gasteiger partial charge in [-0.2, -0.15) is 0 Å². The lowest BCUT2D eigenvalue weighted by molar-refractivity contribution is -0.119. The van der Waals surface area contributed by atoms with Crippen LogP contribution in [0.25, 0.3) is 0 Å². The molecule has 0 spiro atoms. The van der Waals surface area contributed by atoms with Gasteiger partial charge < -0.3 is 5.11 Å². The van der Waals surface area contributed by atoms with Crippen molar-refractivity contribution in [2.75, 3.05) is 0 Å². The minimum atomic E-state index is -0.128. The van der Waals surface area contributed by atoms with Crippen LogP contribution in [0.2, 0.25) is 0 Å². The van der Waals surface area contributed by atoms with Gasteiger partial charge >= 0.3 is 0 Å². The number of carbonyl (C=O) groups is 1. The number of hydrogen-bond donors (Lipinski definition) is 1. The van der Waals surface area contributed by atoms with Crippen LogP contribution in [0.15, 0.2) is 0 Å². The van der Waals surface area contributed by atoms with Crippen LogP contribution in [0, 0.1) is 35.0 Å². The Labute approximate surface area is 83.7 Å². The average molecular weight is 192 g/mol. The Kier molecular flexibility index (Phi) is 1.09. The van der Waals surface area contributed by atoms with Gasteiger partial charge in [-0.1, -0.05) is 6.92 Å². The second-order valence-electron chi connectivity index (χ2n) is 6.02. The van der Waals surface area contributed by atoms with Crippen molar-refractivity contribution in [2.45, 2.75) is 32.3 Å². The molecule has 1 unspecified atom stereocenters. The van der Waals surface area contributed by atoms with Crippen molar-refractivity contribution in [3.63, 3.8) is 0 Å². The molecular formula is C12H16O2. The molecule has 0 aromatic rings. The Morgan fingerprint density at radius 2 is 2.00 bits per heavy atom. The van der Waals surface area contributed by atoms with Gasteiger partial charge in [0.1, 0.15) is 5.78 Å². The SMILES string of the molecule is C[C@@]12C(O)CC[C@@H]1[C@H]1[C@@H]3C(=O)C[C@@H]2[C@H]31. The zero-order valence-electron chi connectivity index (χ0n) is 8.44. The molecule has 0 aromatic carbocycles. The number of aliphatic hydroxyl groups excluding tert-OH is 1. The van der Waals surface area contributed by atoms with E-state index in [2.05, 4.69) is 6.92 Å². The number of rotatable bonds is 0. The molecule has 2 heteroatoms. The van der Waals surface area contributed by atoms with Gasteiger partial charge in [-0.25, -0.2) is 0 Å². The summed E-state index contributed by atoms with van der Waals surface area (Å²) in [6.07, 6.45) is 2.79. The van der Waals surface area contributed by atoms with E-state index in [1.54, 1.807) is 0 Å². The van der Waals surface area contributed by atoms with Crippen LogP contribution in [-0.2, 0) is 4.79 Å². The van der Waals surface area contributed by atoms with Crippen molar-refractivity contribution >= 4 is 5.78 Å². The largest absolute Gasteiger partial charge is 0.393 e. The number of carbonyl (C=O) groups excluding carboxylic acids is 1. The van der Waals surface area contributed by atoms with Crippen LogP contribution in [0.1, 0.15) is 26.2 Å². The fraction of sp³-hybridized carbons (Fsp3) is 0.917. The van der Waals surface area contributed by atoms with E-state index in [4.69, 9.17) is 0 Å². The molecule has 14 heavy (non-hydrogen) atoms. The summed E-state index contributed by atoms with van der Waals surface area (Å²) in [5.74, 6) is 3.52. The molecule has 76 valence electrons. The van der Waals surface area contributed by atoms with Gasteiger partial charge in [0.05, 0.1) is 6.10 Å². The summed E-state index contributed by atoms with van der Waals surface area (Å²) in [7, 11) is 0. The highest BCUT2D eigenvalue weighted by atomic mass is 16.3. The van der Waals surface area contributed by atoms with E-state index in [1.807, 2.05) is 0 Å². The molecule has 7 atom stereocenters. The van der Waals surface area contributed by atoms with Crippen molar-refractivity contribution in [3.8, 4) is 0 Å². The minimum Gasteiger partial charge on any atom is -0.393 e. The molecule has 2 nitrogen and oxygen atoms in total. The highest BCUT2D eigenvalue weighted by Crippen LogP contribution is 2.78. The smallest absolute Gasteiger partial charge is 0.136 e. The van der Waals surface area contributed by atoms with Gasteiger partial charge in [-0.3, -0.25) is 4.79 Å². The Bertz CT molecular complexity index is 337. The first kappa shape index (κ1) is 7.86. The normalized spacial score (nSPS) is 68.3. The van der Waals surface area contributed by atoms with Crippen molar-refractivity contribution in [3.05, 3.63) is 0 Å². The van der Waals surface area contributed by atoms with E-state index in [0.29, 0.717) is 35.4 Å². The monoisotopic (exact) mass is 192 g/mol. The maximum absolute atomic E-state index is 11.7. The predicted molar refractivity (Wildman–Crippen MR) is 50.4 cm³/mol. The number of hydrogen-bond acceptors (Lipinski definition) is 2. The van der Waals surface area contributed by atoms with E-state index < -0.39 is 0 Å². The van der Waals surface area contributed by atoms with Crippen LogP contribution in [0.3, 0.4) is 0 Å². The highest BCUT2D eigenvalue weighted by molar-refractivity contribution is 5.88. The fourth-order valence-corrected chi connectivity index (χ4v) is 5.28. The third-order valence-electron chi connectivity index (χ3n) is 5.92. The topological polar surface area (TPSA) is 37.3 Å². The molecule has 0 heterocycles. The highest BCUT2D eigenvalue weighted by Gasteiger charge is 2.78. The summed E-state index contributed by atoms with van der Waals surface area (Å²) in [6.45, 7) is 2.24. The van der Waals surface area contributed by atoms with Crippen LogP contribution in [-0.4, -0.2) is 17.0 Å². The lowest BCUT2D eigenvalue weighted by atomic mass is 9.71. The number of Topliss-reactive ketones (excluding diaryl/α,β-unsaturated/α-hetero) is 1. The average Bonchev–Trinajstić information content (AvgIpc) is 2.59. The first-order valence-corrected chi connectivity index (χ1v) is 5.86. The third kappa shape index (κ3) is 0.556. The molecule has 0 amide bonds. The molecule has 0 aromatic heterocycles. The summed E-state index contributed by atoms with van der Waals surface area (Å²) >= 11 is 0. The van der Waals surface area contributed by atoms with E-state index in [9.17, 15) is 9.90 Å². The van der Waals surface area contributed by atoms with Crippen LogP contribution >= 0.6 is 0 Å². The molecule has 4 rings (SSSR count). The van der Waals surface area contributed by atoms with E-state index in [1.165, 1.54) is 6.42 Å². The molecule has 4 saturated carbocycles. The molecule has 4 fully saturated rings. The van der Waals surface area contributed by atoms with Crippen molar-refractivity contribution < 1.29 is 9.90 Å². The summed E-state index contributed by atoms with van der Waals surface area (Å²) < 4.78 is 0. The Hall–Kier alpha value is -0.370. The molecule has 0 bridgehead atoms. The molecule has 0 saturated heterocycles. The molecule has 0 radical (unpaired) electrons. The first-order valence-electron chi connectivity index (χ1n) is 5.86. The second-order valence-corrected chi connectivity index (χ2v) is 6.02. The standard InChI is InChI=1S/C12H16O2/c1-12-5(2-3-8(12)14)9-10-6(12)4-7(13)11(9)10/h5-6,8-11,14H,2-4H2,1H3/t5-,6-,8?,9-,10+,11+,12-/m1/s1. The minimum absolute atomic E-state index is 0.109. The van der Waals surface area contributed by atoms with Gasteiger partial charge in [0.2, 0.25) is 0 Å². The second kappa shape index (κ2) is 1.95. The van der Waals surface area contributed by atoms with E-state index in [-0.39, 0.29) is 11.5 Å². The molecule has 4 aliphatic carbocycles. The van der Waals surface area contributed by atoms with Crippen molar-refractivity contribution in [1.29, 1.82) is 0 Å². The summed E-state index contributed by atoms with van der Waals surface area (Å²) in [5.41, 5.74) is 0.109. The molecule has 0 aliphatic heterocycles. The van der Waals surface area contributed by atoms with Gasteiger partial charge in [0.15, 0.2) is 0 Å². The van der Waals surface area contributed by atoms with Gasteiger partial charge in [0, 0.05) is 17.8 Å². The lowest BCUT2D eigenvalue weighted by Gasteiger charge is -2.35. The van der Waals surface area contributed by atoms with Gasteiger partial charge in [0.25, 0.3) is 0 Å². The maximum atomic E-state index is 11.7. The van der Waals surface area contributed by atoms with Crippen molar-refractivity contribution in [2.24, 2.45) is 35.0 Å². The number of fused-ring (bicyclic) bond motifs is 4. The number of ketones is 1. The van der Waals surface area contributed by atoms with Crippen LogP contribution < -0.4 is 0 Å². The zero-order chi connectivity index (χ0) is 9.66.